The van der Waals surface area contributed by atoms with Gasteiger partial charge in [-0.05, 0) is 30.7 Å². The quantitative estimate of drug-likeness (QED) is 0.612. The van der Waals surface area contributed by atoms with Crippen molar-refractivity contribution in [3.05, 3.63) is 41.8 Å². The fourth-order valence-corrected chi connectivity index (χ4v) is 1.58. The molecular formula is C14H21O. The van der Waals surface area contributed by atoms with Crippen LogP contribution in [0.1, 0.15) is 38.7 Å². The topological polar surface area (TPSA) is 9.23 Å². The lowest BCUT2D eigenvalue weighted by molar-refractivity contribution is 0.119. The maximum atomic E-state index is 5.63. The number of hydrogen-bond acceptors (Lipinski definition) is 1. The van der Waals surface area contributed by atoms with E-state index in [1.54, 1.807) is 5.92 Å². The minimum Gasteiger partial charge on any atom is -0.377 e. The average Bonchev–Trinajstić information content (AvgIpc) is 2.31. The van der Waals surface area contributed by atoms with Crippen LogP contribution in [0.4, 0.5) is 0 Å². The fourth-order valence-electron chi connectivity index (χ4n) is 1.58. The lowest BCUT2D eigenvalue weighted by Crippen LogP contribution is -2.01. The van der Waals surface area contributed by atoms with Gasteiger partial charge in [-0.25, -0.2) is 0 Å². The van der Waals surface area contributed by atoms with Gasteiger partial charge in [0.2, 0.25) is 0 Å². The first kappa shape index (κ1) is 12.3. The Hall–Kier alpha value is -0.820. The molecule has 15 heavy (non-hydrogen) atoms. The highest BCUT2D eigenvalue weighted by Gasteiger charge is 2.03. The molecule has 0 saturated heterocycles. The van der Waals surface area contributed by atoms with E-state index in [1.807, 2.05) is 18.2 Å². The van der Waals surface area contributed by atoms with Gasteiger partial charge in [0.25, 0.3) is 0 Å². The molecular weight excluding hydrogens is 184 g/mol. The van der Waals surface area contributed by atoms with E-state index < -0.39 is 0 Å². The van der Waals surface area contributed by atoms with E-state index in [0.717, 1.165) is 19.6 Å². The SMILES string of the molecule is CC[C](CC)CCOCc1ccccc1. The molecule has 0 N–H and O–H groups in total. The van der Waals surface area contributed by atoms with E-state index in [4.69, 9.17) is 4.74 Å². The molecule has 0 spiro atoms. The van der Waals surface area contributed by atoms with Crippen LogP contribution in [0.2, 0.25) is 0 Å². The van der Waals surface area contributed by atoms with Crippen molar-refractivity contribution < 1.29 is 4.74 Å². The molecule has 0 bridgehead atoms. The Morgan fingerprint density at radius 1 is 1.07 bits per heavy atom. The van der Waals surface area contributed by atoms with Gasteiger partial charge in [-0.1, -0.05) is 44.2 Å². The second kappa shape index (κ2) is 7.47. The first-order chi connectivity index (χ1) is 7.36. The standard InChI is InChI=1S/C14H21O/c1-3-13(4-2)10-11-15-12-14-8-6-5-7-9-14/h5-9H,3-4,10-12H2,1-2H3. The largest absolute Gasteiger partial charge is 0.377 e. The summed E-state index contributed by atoms with van der Waals surface area (Å²) >= 11 is 0. The predicted molar refractivity (Wildman–Crippen MR) is 64.5 cm³/mol. The van der Waals surface area contributed by atoms with Crippen molar-refractivity contribution in [3.8, 4) is 0 Å². The van der Waals surface area contributed by atoms with Crippen LogP contribution in [0, 0.1) is 5.92 Å². The predicted octanol–water partition coefficient (Wildman–Crippen LogP) is 3.99. The molecule has 0 unspecified atom stereocenters. The summed E-state index contributed by atoms with van der Waals surface area (Å²) in [5.74, 6) is 1.60. The summed E-state index contributed by atoms with van der Waals surface area (Å²) in [5, 5.41) is 0. The summed E-state index contributed by atoms with van der Waals surface area (Å²) < 4.78 is 5.63. The van der Waals surface area contributed by atoms with Crippen molar-refractivity contribution >= 4 is 0 Å². The number of rotatable bonds is 7. The smallest absolute Gasteiger partial charge is 0.0716 e. The van der Waals surface area contributed by atoms with Gasteiger partial charge in [0.1, 0.15) is 0 Å². The second-order valence-electron chi connectivity index (χ2n) is 3.75. The third kappa shape index (κ3) is 4.98. The van der Waals surface area contributed by atoms with Crippen molar-refractivity contribution in [2.24, 2.45) is 0 Å². The van der Waals surface area contributed by atoms with Crippen LogP contribution in [-0.4, -0.2) is 6.61 Å². The maximum Gasteiger partial charge on any atom is 0.0716 e. The van der Waals surface area contributed by atoms with Crippen LogP contribution in [0.5, 0.6) is 0 Å². The molecule has 0 atom stereocenters. The van der Waals surface area contributed by atoms with Crippen molar-refractivity contribution in [1.29, 1.82) is 0 Å². The molecule has 1 nitrogen and oxygen atoms in total. The van der Waals surface area contributed by atoms with Gasteiger partial charge in [-0.3, -0.25) is 0 Å². The first-order valence-electron chi connectivity index (χ1n) is 5.82. The molecule has 0 heterocycles. The monoisotopic (exact) mass is 205 g/mol. The Balaban J connectivity index is 2.12. The molecule has 0 saturated carbocycles. The van der Waals surface area contributed by atoms with Gasteiger partial charge in [-0.2, -0.15) is 0 Å². The van der Waals surface area contributed by atoms with E-state index in [0.29, 0.717) is 0 Å². The third-order valence-electron chi connectivity index (χ3n) is 2.71. The van der Waals surface area contributed by atoms with Gasteiger partial charge < -0.3 is 4.74 Å². The minimum atomic E-state index is 0.738. The van der Waals surface area contributed by atoms with E-state index >= 15 is 0 Å². The third-order valence-corrected chi connectivity index (χ3v) is 2.71. The molecule has 1 radical (unpaired) electrons. The molecule has 1 aromatic carbocycles. The lowest BCUT2D eigenvalue weighted by atomic mass is 10.0. The van der Waals surface area contributed by atoms with Gasteiger partial charge in [0, 0.05) is 6.61 Å². The molecule has 0 aliphatic heterocycles. The Morgan fingerprint density at radius 2 is 1.73 bits per heavy atom. The first-order valence-corrected chi connectivity index (χ1v) is 5.82. The fraction of sp³-hybridized carbons (Fsp3) is 0.500. The Bertz CT molecular complexity index is 239. The summed E-state index contributed by atoms with van der Waals surface area (Å²) in [4.78, 5) is 0. The van der Waals surface area contributed by atoms with E-state index in [-0.39, 0.29) is 0 Å². The van der Waals surface area contributed by atoms with Crippen molar-refractivity contribution in [1.82, 2.24) is 0 Å². The number of hydrogen-bond donors (Lipinski definition) is 0. The van der Waals surface area contributed by atoms with Crippen molar-refractivity contribution in [3.63, 3.8) is 0 Å². The summed E-state index contributed by atoms with van der Waals surface area (Å²) in [6.45, 7) is 6.03. The lowest BCUT2D eigenvalue weighted by Gasteiger charge is -2.11. The van der Waals surface area contributed by atoms with Crippen LogP contribution < -0.4 is 0 Å². The number of ether oxygens (including phenoxy) is 1. The van der Waals surface area contributed by atoms with Crippen LogP contribution in [0.3, 0.4) is 0 Å². The Kier molecular flexibility index (Phi) is 6.10. The van der Waals surface area contributed by atoms with Gasteiger partial charge in [-0.15, -0.1) is 0 Å². The zero-order chi connectivity index (χ0) is 10.9. The van der Waals surface area contributed by atoms with Crippen LogP contribution in [-0.2, 0) is 11.3 Å². The van der Waals surface area contributed by atoms with Gasteiger partial charge in [0.15, 0.2) is 0 Å². The molecule has 1 rings (SSSR count). The highest BCUT2D eigenvalue weighted by atomic mass is 16.5. The van der Waals surface area contributed by atoms with Crippen molar-refractivity contribution in [2.75, 3.05) is 6.61 Å². The molecule has 83 valence electrons. The Labute approximate surface area is 93.5 Å². The molecule has 1 heteroatoms. The van der Waals surface area contributed by atoms with E-state index in [1.165, 1.54) is 18.4 Å². The zero-order valence-corrected chi connectivity index (χ0v) is 9.83. The molecule has 0 aliphatic carbocycles. The van der Waals surface area contributed by atoms with Crippen LogP contribution >= 0.6 is 0 Å². The van der Waals surface area contributed by atoms with Gasteiger partial charge >= 0.3 is 0 Å². The van der Waals surface area contributed by atoms with Crippen LogP contribution in [0.25, 0.3) is 0 Å². The molecule has 1 aromatic rings. The summed E-state index contributed by atoms with van der Waals surface area (Å²) in [5.41, 5.74) is 1.26. The normalized spacial score (nSPS) is 10.9. The zero-order valence-electron chi connectivity index (χ0n) is 9.83. The Morgan fingerprint density at radius 3 is 2.33 bits per heavy atom. The van der Waals surface area contributed by atoms with Gasteiger partial charge in [0.05, 0.1) is 6.61 Å². The van der Waals surface area contributed by atoms with E-state index in [2.05, 4.69) is 26.0 Å². The summed E-state index contributed by atoms with van der Waals surface area (Å²) in [7, 11) is 0. The van der Waals surface area contributed by atoms with E-state index in [9.17, 15) is 0 Å². The maximum absolute atomic E-state index is 5.63. The summed E-state index contributed by atoms with van der Waals surface area (Å²) in [6, 6.07) is 10.3. The highest BCUT2D eigenvalue weighted by molar-refractivity contribution is 5.13. The second-order valence-corrected chi connectivity index (χ2v) is 3.75. The number of benzene rings is 1. The van der Waals surface area contributed by atoms with Crippen LogP contribution in [0.15, 0.2) is 30.3 Å². The molecule has 0 aromatic heterocycles. The highest BCUT2D eigenvalue weighted by Crippen LogP contribution is 2.15. The molecule has 0 fully saturated rings. The summed E-state index contributed by atoms with van der Waals surface area (Å²) in [6.07, 6.45) is 3.48. The average molecular weight is 205 g/mol. The molecule has 0 aliphatic rings. The minimum absolute atomic E-state index is 0.738. The molecule has 0 amide bonds. The van der Waals surface area contributed by atoms with Crippen molar-refractivity contribution in [2.45, 2.75) is 39.7 Å².